The van der Waals surface area contributed by atoms with Gasteiger partial charge in [0.2, 0.25) is 5.91 Å². The maximum Gasteiger partial charge on any atom is 0.244 e. The molecule has 0 aliphatic carbocycles. The van der Waals surface area contributed by atoms with Crippen molar-refractivity contribution in [3.63, 3.8) is 0 Å². The number of hydrogen-bond donors (Lipinski definition) is 1. The predicted molar refractivity (Wildman–Crippen MR) is 89.7 cm³/mol. The number of carbonyl (C=O) groups excluding carboxylic acids is 1. The number of aromatic nitrogens is 2. The van der Waals surface area contributed by atoms with Crippen molar-refractivity contribution < 1.29 is 4.79 Å². The quantitative estimate of drug-likeness (QED) is 0.738. The van der Waals surface area contributed by atoms with Gasteiger partial charge in [0.25, 0.3) is 0 Å². The van der Waals surface area contributed by atoms with E-state index in [1.165, 1.54) is 11.1 Å². The number of nitrogens with zero attached hydrogens (tertiary/aromatic N) is 3. The minimum Gasteiger partial charge on any atom is -0.399 e. The number of fused-ring (bicyclic) bond motifs is 2. The molecule has 1 aliphatic heterocycles. The number of carbonyl (C=O) groups is 1. The molecule has 5 nitrogen and oxygen atoms in total. The number of nitrogens with two attached hydrogens (primary N) is 1. The van der Waals surface area contributed by atoms with Gasteiger partial charge in [0.1, 0.15) is 6.54 Å². The summed E-state index contributed by atoms with van der Waals surface area (Å²) in [6, 6.07) is 13.9. The van der Waals surface area contributed by atoms with Crippen LogP contribution in [-0.4, -0.2) is 27.1 Å². The second kappa shape index (κ2) is 5.43. The molecule has 1 aromatic heterocycles. The molecule has 4 rings (SSSR count). The van der Waals surface area contributed by atoms with E-state index < -0.39 is 0 Å². The third kappa shape index (κ3) is 2.54. The van der Waals surface area contributed by atoms with Crippen LogP contribution in [0.5, 0.6) is 0 Å². The lowest BCUT2D eigenvalue weighted by molar-refractivity contribution is -0.132. The first-order chi connectivity index (χ1) is 11.2. The zero-order chi connectivity index (χ0) is 15.8. The van der Waals surface area contributed by atoms with Crippen LogP contribution in [0.1, 0.15) is 11.1 Å². The fraction of sp³-hybridized carbons (Fsp3) is 0.222. The second-order valence-corrected chi connectivity index (χ2v) is 5.95. The Kier molecular flexibility index (Phi) is 3.26. The van der Waals surface area contributed by atoms with Gasteiger partial charge < -0.3 is 10.6 Å². The fourth-order valence-corrected chi connectivity index (χ4v) is 3.15. The Morgan fingerprint density at radius 2 is 2.00 bits per heavy atom. The Morgan fingerprint density at radius 1 is 1.17 bits per heavy atom. The highest BCUT2D eigenvalue weighted by molar-refractivity contribution is 5.84. The van der Waals surface area contributed by atoms with E-state index in [-0.39, 0.29) is 12.5 Å². The molecule has 0 saturated carbocycles. The van der Waals surface area contributed by atoms with Crippen LogP contribution in [0.3, 0.4) is 0 Å². The molecule has 2 heterocycles. The molecule has 0 fully saturated rings. The van der Waals surface area contributed by atoms with Crippen molar-refractivity contribution >= 4 is 22.5 Å². The minimum atomic E-state index is 0.0897. The molecule has 2 N–H and O–H groups in total. The van der Waals surface area contributed by atoms with Crippen molar-refractivity contribution in [1.82, 2.24) is 14.7 Å². The van der Waals surface area contributed by atoms with Crippen LogP contribution in [0, 0.1) is 0 Å². The molecule has 3 aromatic rings. The smallest absolute Gasteiger partial charge is 0.244 e. The number of nitrogen functional groups attached to an aromatic ring is 1. The number of rotatable bonds is 2. The standard InChI is InChI=1S/C18H18N4O/c19-16-6-5-14-10-20-22(17(14)9-16)12-18(23)21-8-7-13-3-1-2-4-15(13)11-21/h1-6,9-10H,7-8,11-12,19H2. The Morgan fingerprint density at radius 3 is 2.87 bits per heavy atom. The van der Waals surface area contributed by atoms with Crippen LogP contribution >= 0.6 is 0 Å². The molecule has 0 spiro atoms. The van der Waals surface area contributed by atoms with Crippen LogP contribution in [0.25, 0.3) is 10.9 Å². The molecule has 0 saturated heterocycles. The zero-order valence-electron chi connectivity index (χ0n) is 12.8. The number of anilines is 1. The molecule has 0 atom stereocenters. The van der Waals surface area contributed by atoms with E-state index in [4.69, 9.17) is 5.73 Å². The van der Waals surface area contributed by atoms with E-state index >= 15 is 0 Å². The molecule has 0 bridgehead atoms. The average Bonchev–Trinajstić information content (AvgIpc) is 2.96. The summed E-state index contributed by atoms with van der Waals surface area (Å²) < 4.78 is 1.73. The van der Waals surface area contributed by atoms with Gasteiger partial charge >= 0.3 is 0 Å². The summed E-state index contributed by atoms with van der Waals surface area (Å²) in [7, 11) is 0. The third-order valence-corrected chi connectivity index (χ3v) is 4.44. The second-order valence-electron chi connectivity index (χ2n) is 5.95. The van der Waals surface area contributed by atoms with Crippen LogP contribution in [0.4, 0.5) is 5.69 Å². The van der Waals surface area contributed by atoms with Crippen molar-refractivity contribution in [2.45, 2.75) is 19.5 Å². The van der Waals surface area contributed by atoms with Crippen molar-refractivity contribution in [2.75, 3.05) is 12.3 Å². The molecule has 116 valence electrons. The van der Waals surface area contributed by atoms with Crippen molar-refractivity contribution in [1.29, 1.82) is 0 Å². The highest BCUT2D eigenvalue weighted by atomic mass is 16.2. The van der Waals surface area contributed by atoms with Crippen LogP contribution in [0.15, 0.2) is 48.7 Å². The Balaban J connectivity index is 1.55. The lowest BCUT2D eigenvalue weighted by Gasteiger charge is -2.29. The Bertz CT molecular complexity index is 884. The summed E-state index contributed by atoms with van der Waals surface area (Å²) in [5.41, 5.74) is 10.00. The SMILES string of the molecule is Nc1ccc2cnn(CC(=O)N3CCc4ccccc4C3)c2c1. The highest BCUT2D eigenvalue weighted by Crippen LogP contribution is 2.20. The van der Waals surface area contributed by atoms with Gasteiger partial charge in [-0.3, -0.25) is 9.48 Å². The maximum absolute atomic E-state index is 12.6. The zero-order valence-corrected chi connectivity index (χ0v) is 12.8. The summed E-state index contributed by atoms with van der Waals surface area (Å²) in [5.74, 6) is 0.0897. The first kappa shape index (κ1) is 13.8. The van der Waals surface area contributed by atoms with Crippen LogP contribution in [0.2, 0.25) is 0 Å². The van der Waals surface area contributed by atoms with E-state index in [0.29, 0.717) is 12.2 Å². The van der Waals surface area contributed by atoms with E-state index in [1.807, 2.05) is 29.2 Å². The molecule has 0 radical (unpaired) electrons. The van der Waals surface area contributed by atoms with Crippen molar-refractivity contribution in [3.05, 3.63) is 59.8 Å². The van der Waals surface area contributed by atoms with Crippen molar-refractivity contribution in [3.8, 4) is 0 Å². The normalized spacial score (nSPS) is 14.0. The third-order valence-electron chi connectivity index (χ3n) is 4.44. The van der Waals surface area contributed by atoms with Gasteiger partial charge in [-0.05, 0) is 35.7 Å². The topological polar surface area (TPSA) is 64.1 Å². The molecule has 0 unspecified atom stereocenters. The molecular weight excluding hydrogens is 288 g/mol. The van der Waals surface area contributed by atoms with Gasteiger partial charge in [0, 0.05) is 24.2 Å². The fourth-order valence-electron chi connectivity index (χ4n) is 3.15. The molecule has 2 aromatic carbocycles. The number of hydrogen-bond acceptors (Lipinski definition) is 3. The first-order valence-electron chi connectivity index (χ1n) is 7.76. The number of amides is 1. The molecule has 1 aliphatic rings. The molecule has 23 heavy (non-hydrogen) atoms. The molecule has 5 heteroatoms. The van der Waals surface area contributed by atoms with Crippen molar-refractivity contribution in [2.24, 2.45) is 0 Å². The lowest BCUT2D eigenvalue weighted by atomic mass is 10.00. The van der Waals surface area contributed by atoms with Gasteiger partial charge in [0.15, 0.2) is 0 Å². The van der Waals surface area contributed by atoms with Crippen LogP contribution in [-0.2, 0) is 24.3 Å². The summed E-state index contributed by atoms with van der Waals surface area (Å²) in [6.45, 7) is 1.68. The van der Waals surface area contributed by atoms with Gasteiger partial charge in [-0.25, -0.2) is 0 Å². The maximum atomic E-state index is 12.6. The lowest BCUT2D eigenvalue weighted by Crippen LogP contribution is -2.38. The van der Waals surface area contributed by atoms with E-state index in [0.717, 1.165) is 23.9 Å². The largest absolute Gasteiger partial charge is 0.399 e. The summed E-state index contributed by atoms with van der Waals surface area (Å²) in [4.78, 5) is 14.5. The number of benzene rings is 2. The summed E-state index contributed by atoms with van der Waals surface area (Å²) in [6.07, 6.45) is 2.68. The van der Waals surface area contributed by atoms with Gasteiger partial charge in [0.05, 0.1) is 11.7 Å². The average molecular weight is 306 g/mol. The minimum absolute atomic E-state index is 0.0897. The monoisotopic (exact) mass is 306 g/mol. The van der Waals surface area contributed by atoms with E-state index in [1.54, 1.807) is 10.9 Å². The van der Waals surface area contributed by atoms with Gasteiger partial charge in [-0.2, -0.15) is 5.10 Å². The first-order valence-corrected chi connectivity index (χ1v) is 7.76. The predicted octanol–water partition coefficient (Wildman–Crippen LogP) is 2.20. The van der Waals surface area contributed by atoms with Crippen LogP contribution < -0.4 is 5.73 Å². The van der Waals surface area contributed by atoms with Gasteiger partial charge in [-0.15, -0.1) is 0 Å². The van der Waals surface area contributed by atoms with E-state index in [2.05, 4.69) is 23.3 Å². The highest BCUT2D eigenvalue weighted by Gasteiger charge is 2.21. The summed E-state index contributed by atoms with van der Waals surface area (Å²) >= 11 is 0. The van der Waals surface area contributed by atoms with E-state index in [9.17, 15) is 4.79 Å². The Hall–Kier alpha value is -2.82. The van der Waals surface area contributed by atoms with Gasteiger partial charge in [-0.1, -0.05) is 24.3 Å². The summed E-state index contributed by atoms with van der Waals surface area (Å²) in [5, 5.41) is 5.33. The Labute approximate surface area is 134 Å². The molecule has 1 amide bonds. The molecular formula is C18H18N4O.